The van der Waals surface area contributed by atoms with E-state index in [1.807, 2.05) is 48.5 Å². The molecule has 0 heterocycles. The number of nitrogen functional groups attached to an aromatic ring is 2. The Bertz CT molecular complexity index is 789. The van der Waals surface area contributed by atoms with Gasteiger partial charge in [0, 0.05) is 11.4 Å². The highest BCUT2D eigenvalue weighted by molar-refractivity contribution is 5.55. The monoisotopic (exact) mass is 316 g/mol. The van der Waals surface area contributed by atoms with E-state index >= 15 is 0 Å². The van der Waals surface area contributed by atoms with Gasteiger partial charge in [-0.3, -0.25) is 0 Å². The summed E-state index contributed by atoms with van der Waals surface area (Å²) >= 11 is 0. The predicted molar refractivity (Wildman–Crippen MR) is 100 cm³/mol. The van der Waals surface area contributed by atoms with Crippen LogP contribution in [0.4, 0.5) is 11.4 Å². The van der Waals surface area contributed by atoms with Crippen molar-refractivity contribution >= 4 is 17.5 Å². The summed E-state index contributed by atoms with van der Waals surface area (Å²) in [6, 6.07) is 22.2. The van der Waals surface area contributed by atoms with Crippen LogP contribution < -0.4 is 11.5 Å². The summed E-state index contributed by atoms with van der Waals surface area (Å²) in [7, 11) is 0. The van der Waals surface area contributed by atoms with Gasteiger partial charge in [-0.15, -0.1) is 0 Å². The molecule has 0 saturated heterocycles. The van der Waals surface area contributed by atoms with Gasteiger partial charge in [-0.25, -0.2) is 0 Å². The van der Waals surface area contributed by atoms with Gasteiger partial charge in [0.05, 0.1) is 0 Å². The van der Waals surface area contributed by atoms with Crippen molar-refractivity contribution in [1.29, 1.82) is 0 Å². The Balaban J connectivity index is 2.20. The van der Waals surface area contributed by atoms with Crippen LogP contribution in [0.2, 0.25) is 0 Å². The summed E-state index contributed by atoms with van der Waals surface area (Å²) in [6.07, 6.45) is 1.77. The first kappa shape index (κ1) is 15.8. The highest BCUT2D eigenvalue weighted by Gasteiger charge is 2.33. The Morgan fingerprint density at radius 1 is 0.667 bits per heavy atom. The lowest BCUT2D eigenvalue weighted by molar-refractivity contribution is 0.126. The minimum atomic E-state index is -1.29. The fourth-order valence-electron chi connectivity index (χ4n) is 2.81. The molecular weight excluding hydrogens is 296 g/mol. The zero-order chi connectivity index (χ0) is 17.2. The number of rotatable bonds is 4. The molecule has 0 saturated carbocycles. The van der Waals surface area contributed by atoms with Crippen molar-refractivity contribution in [2.75, 3.05) is 11.5 Å². The summed E-state index contributed by atoms with van der Waals surface area (Å²) in [5.41, 5.74) is 14.9. The zero-order valence-corrected chi connectivity index (χ0v) is 13.3. The van der Waals surface area contributed by atoms with Crippen LogP contribution in [0.25, 0.3) is 6.08 Å². The molecule has 3 aromatic rings. The lowest BCUT2D eigenvalue weighted by atomic mass is 9.80. The van der Waals surface area contributed by atoms with Crippen LogP contribution >= 0.6 is 0 Å². The smallest absolute Gasteiger partial charge is 0.140 e. The van der Waals surface area contributed by atoms with E-state index in [1.165, 1.54) is 0 Å². The Hall–Kier alpha value is -3.04. The standard InChI is InChI=1S/C21H20N2O/c1-2-15-3-5-16(6-4-15)21(24,17-7-11-19(22)12-8-17)18-9-13-20(23)14-10-18/h2-14,24H,1,22-23H2. The lowest BCUT2D eigenvalue weighted by Gasteiger charge is -2.30. The summed E-state index contributed by atoms with van der Waals surface area (Å²) in [5.74, 6) is 0. The van der Waals surface area contributed by atoms with Crippen LogP contribution in [0.15, 0.2) is 79.4 Å². The van der Waals surface area contributed by atoms with Gasteiger partial charge in [0.1, 0.15) is 5.60 Å². The number of hydrogen-bond acceptors (Lipinski definition) is 3. The molecule has 3 aromatic carbocycles. The molecule has 0 spiro atoms. The maximum atomic E-state index is 11.7. The SMILES string of the molecule is C=Cc1ccc(C(O)(c2ccc(N)cc2)c2ccc(N)cc2)cc1. The topological polar surface area (TPSA) is 72.3 Å². The Labute approximate surface area is 141 Å². The van der Waals surface area contributed by atoms with Crippen molar-refractivity contribution in [3.63, 3.8) is 0 Å². The van der Waals surface area contributed by atoms with Crippen LogP contribution in [0.1, 0.15) is 22.3 Å². The van der Waals surface area contributed by atoms with Crippen LogP contribution in [0.3, 0.4) is 0 Å². The minimum Gasteiger partial charge on any atom is -0.399 e. The van der Waals surface area contributed by atoms with Gasteiger partial charge in [-0.05, 0) is 46.5 Å². The molecule has 0 aliphatic carbocycles. The van der Waals surface area contributed by atoms with Gasteiger partial charge in [0.2, 0.25) is 0 Å². The molecule has 0 aliphatic heterocycles. The second kappa shape index (κ2) is 6.22. The van der Waals surface area contributed by atoms with Crippen molar-refractivity contribution in [3.8, 4) is 0 Å². The summed E-state index contributed by atoms with van der Waals surface area (Å²) < 4.78 is 0. The normalized spacial score (nSPS) is 11.2. The summed E-state index contributed by atoms with van der Waals surface area (Å²) in [6.45, 7) is 3.77. The first-order valence-electron chi connectivity index (χ1n) is 7.71. The van der Waals surface area contributed by atoms with Gasteiger partial charge in [-0.1, -0.05) is 61.2 Å². The maximum absolute atomic E-state index is 11.7. The molecule has 0 aromatic heterocycles. The summed E-state index contributed by atoms with van der Waals surface area (Å²) in [4.78, 5) is 0. The van der Waals surface area contributed by atoms with E-state index in [0.717, 1.165) is 22.3 Å². The highest BCUT2D eigenvalue weighted by atomic mass is 16.3. The number of benzene rings is 3. The molecule has 0 atom stereocenters. The van der Waals surface area contributed by atoms with Crippen LogP contribution in [-0.2, 0) is 5.60 Å². The van der Waals surface area contributed by atoms with Crippen LogP contribution in [0, 0.1) is 0 Å². The molecule has 0 amide bonds. The molecule has 0 fully saturated rings. The maximum Gasteiger partial charge on any atom is 0.140 e. The van der Waals surface area contributed by atoms with E-state index in [9.17, 15) is 5.11 Å². The van der Waals surface area contributed by atoms with Crippen molar-refractivity contribution in [2.45, 2.75) is 5.60 Å². The minimum absolute atomic E-state index is 0.653. The predicted octanol–water partition coefficient (Wildman–Crippen LogP) is 3.78. The van der Waals surface area contributed by atoms with E-state index in [4.69, 9.17) is 11.5 Å². The lowest BCUT2D eigenvalue weighted by Crippen LogP contribution is -2.28. The number of nitrogens with two attached hydrogens (primary N) is 2. The molecule has 3 nitrogen and oxygen atoms in total. The molecule has 0 radical (unpaired) electrons. The van der Waals surface area contributed by atoms with Gasteiger partial charge in [0.25, 0.3) is 0 Å². The third-order valence-electron chi connectivity index (χ3n) is 4.22. The van der Waals surface area contributed by atoms with Crippen LogP contribution in [0.5, 0.6) is 0 Å². The van der Waals surface area contributed by atoms with Crippen molar-refractivity contribution in [1.82, 2.24) is 0 Å². The quantitative estimate of drug-likeness (QED) is 0.506. The third kappa shape index (κ3) is 2.77. The van der Waals surface area contributed by atoms with E-state index < -0.39 is 5.60 Å². The molecule has 0 bridgehead atoms. The van der Waals surface area contributed by atoms with Crippen LogP contribution in [-0.4, -0.2) is 5.11 Å². The first-order valence-corrected chi connectivity index (χ1v) is 7.71. The van der Waals surface area contributed by atoms with Crippen molar-refractivity contribution in [2.24, 2.45) is 0 Å². The zero-order valence-electron chi connectivity index (χ0n) is 13.3. The van der Waals surface area contributed by atoms with Crippen molar-refractivity contribution < 1.29 is 5.11 Å². The highest BCUT2D eigenvalue weighted by Crippen LogP contribution is 2.37. The number of anilines is 2. The van der Waals surface area contributed by atoms with Gasteiger partial charge in [0.15, 0.2) is 0 Å². The van der Waals surface area contributed by atoms with E-state index in [2.05, 4.69) is 6.58 Å². The van der Waals surface area contributed by atoms with Crippen molar-refractivity contribution in [3.05, 3.63) is 102 Å². The molecule has 3 heteroatoms. The molecule has 0 unspecified atom stereocenters. The molecule has 5 N–H and O–H groups in total. The average molecular weight is 316 g/mol. The molecular formula is C21H20N2O. The van der Waals surface area contributed by atoms with E-state index in [-0.39, 0.29) is 0 Å². The Morgan fingerprint density at radius 2 is 1.00 bits per heavy atom. The third-order valence-corrected chi connectivity index (χ3v) is 4.22. The molecule has 0 aliphatic rings. The second-order valence-corrected chi connectivity index (χ2v) is 5.78. The molecule has 120 valence electrons. The van der Waals surface area contributed by atoms with Gasteiger partial charge < -0.3 is 16.6 Å². The number of hydrogen-bond donors (Lipinski definition) is 3. The van der Waals surface area contributed by atoms with Gasteiger partial charge in [-0.2, -0.15) is 0 Å². The first-order chi connectivity index (χ1) is 11.5. The summed E-state index contributed by atoms with van der Waals surface area (Å²) in [5, 5.41) is 11.7. The number of aliphatic hydroxyl groups is 1. The van der Waals surface area contributed by atoms with E-state index in [0.29, 0.717) is 11.4 Å². The largest absolute Gasteiger partial charge is 0.399 e. The fourth-order valence-corrected chi connectivity index (χ4v) is 2.81. The fraction of sp³-hybridized carbons (Fsp3) is 0.0476. The average Bonchev–Trinajstić information content (AvgIpc) is 2.62. The Morgan fingerprint density at radius 3 is 1.33 bits per heavy atom. The molecule has 24 heavy (non-hydrogen) atoms. The molecule has 3 rings (SSSR count). The van der Waals surface area contributed by atoms with E-state index in [1.54, 1.807) is 30.3 Å². The Kier molecular flexibility index (Phi) is 4.11. The second-order valence-electron chi connectivity index (χ2n) is 5.78. The van der Waals surface area contributed by atoms with Gasteiger partial charge >= 0.3 is 0 Å².